The van der Waals surface area contributed by atoms with Gasteiger partial charge in [-0.25, -0.2) is 0 Å². The molecule has 0 radical (unpaired) electrons. The Morgan fingerprint density at radius 3 is 1.71 bits per heavy atom. The van der Waals surface area contributed by atoms with E-state index in [4.69, 9.17) is 15.6 Å². The zero-order valence-corrected chi connectivity index (χ0v) is 12.0. The van der Waals surface area contributed by atoms with Crippen LogP contribution in [0.2, 0.25) is 0 Å². The first-order valence-electron chi connectivity index (χ1n) is 6.87. The van der Waals surface area contributed by atoms with Gasteiger partial charge in [-0.3, -0.25) is 4.79 Å². The molecule has 0 spiro atoms. The summed E-state index contributed by atoms with van der Waals surface area (Å²) in [5, 5.41) is 7.42. The fraction of sp³-hybridized carbons (Fsp3) is 0.929. The van der Waals surface area contributed by atoms with E-state index in [2.05, 4.69) is 20.8 Å². The molecule has 0 amide bonds. The summed E-state index contributed by atoms with van der Waals surface area (Å²) in [5.74, 6) is 1.00. The molecular formula is C14H31NO2. The van der Waals surface area contributed by atoms with Crippen LogP contribution in [0.3, 0.4) is 0 Å². The Balaban J connectivity index is 0. The van der Waals surface area contributed by atoms with E-state index in [1.165, 1.54) is 38.5 Å². The SMILES string of the molecule is CC(=O)O.CC1CC(CN)C1.CCCCCC. The van der Waals surface area contributed by atoms with Gasteiger partial charge in [-0.2, -0.15) is 0 Å². The first kappa shape index (κ1) is 18.8. The molecule has 1 aliphatic carbocycles. The molecule has 3 N–H and O–H groups in total. The minimum absolute atomic E-state index is 0.833. The summed E-state index contributed by atoms with van der Waals surface area (Å²) < 4.78 is 0. The number of hydrogen-bond acceptors (Lipinski definition) is 2. The number of nitrogens with two attached hydrogens (primary N) is 1. The van der Waals surface area contributed by atoms with Crippen LogP contribution >= 0.6 is 0 Å². The molecule has 17 heavy (non-hydrogen) atoms. The molecule has 0 atom stereocenters. The molecule has 0 aromatic rings. The molecule has 1 saturated carbocycles. The van der Waals surface area contributed by atoms with E-state index in [1.807, 2.05) is 0 Å². The number of rotatable bonds is 4. The van der Waals surface area contributed by atoms with E-state index in [0.29, 0.717) is 0 Å². The lowest BCUT2D eigenvalue weighted by Gasteiger charge is -2.31. The first-order valence-corrected chi connectivity index (χ1v) is 6.87. The highest BCUT2D eigenvalue weighted by Crippen LogP contribution is 2.31. The molecule has 0 unspecified atom stereocenters. The average Bonchev–Trinajstić information content (AvgIpc) is 2.22. The smallest absolute Gasteiger partial charge is 0.300 e. The van der Waals surface area contributed by atoms with E-state index in [0.717, 1.165) is 25.3 Å². The van der Waals surface area contributed by atoms with Crippen LogP contribution in [0, 0.1) is 11.8 Å². The van der Waals surface area contributed by atoms with Crippen molar-refractivity contribution in [1.29, 1.82) is 0 Å². The fourth-order valence-corrected chi connectivity index (χ4v) is 1.76. The molecule has 0 aromatic heterocycles. The van der Waals surface area contributed by atoms with Crippen molar-refractivity contribution < 1.29 is 9.90 Å². The summed E-state index contributed by atoms with van der Waals surface area (Å²) in [6.07, 6.45) is 8.28. The van der Waals surface area contributed by atoms with Crippen molar-refractivity contribution in [3.8, 4) is 0 Å². The topological polar surface area (TPSA) is 63.3 Å². The molecule has 1 aliphatic rings. The Morgan fingerprint density at radius 1 is 1.24 bits per heavy atom. The zero-order chi connectivity index (χ0) is 13.7. The van der Waals surface area contributed by atoms with Gasteiger partial charge in [0, 0.05) is 6.92 Å². The van der Waals surface area contributed by atoms with E-state index in [9.17, 15) is 0 Å². The van der Waals surface area contributed by atoms with Gasteiger partial charge in [0.15, 0.2) is 0 Å². The number of carbonyl (C=O) groups is 1. The van der Waals surface area contributed by atoms with E-state index < -0.39 is 5.97 Å². The summed E-state index contributed by atoms with van der Waals surface area (Å²) >= 11 is 0. The van der Waals surface area contributed by atoms with Crippen LogP contribution in [0.4, 0.5) is 0 Å². The molecule has 3 heteroatoms. The second-order valence-electron chi connectivity index (χ2n) is 4.90. The van der Waals surface area contributed by atoms with Gasteiger partial charge in [-0.05, 0) is 31.2 Å². The van der Waals surface area contributed by atoms with Crippen LogP contribution in [-0.2, 0) is 4.79 Å². The van der Waals surface area contributed by atoms with E-state index in [1.54, 1.807) is 0 Å². The minimum atomic E-state index is -0.833. The lowest BCUT2D eigenvalue weighted by atomic mass is 9.76. The van der Waals surface area contributed by atoms with Crippen LogP contribution in [-0.4, -0.2) is 17.6 Å². The lowest BCUT2D eigenvalue weighted by Crippen LogP contribution is -2.27. The number of carboxylic acids is 1. The highest BCUT2D eigenvalue weighted by molar-refractivity contribution is 5.62. The van der Waals surface area contributed by atoms with Crippen molar-refractivity contribution in [2.24, 2.45) is 17.6 Å². The molecule has 0 heterocycles. The molecular weight excluding hydrogens is 214 g/mol. The van der Waals surface area contributed by atoms with Crippen molar-refractivity contribution in [3.05, 3.63) is 0 Å². The Bertz CT molecular complexity index is 158. The number of carboxylic acid groups (broad SMARTS) is 1. The van der Waals surface area contributed by atoms with Gasteiger partial charge < -0.3 is 10.8 Å². The largest absolute Gasteiger partial charge is 0.481 e. The Morgan fingerprint density at radius 2 is 1.59 bits per heavy atom. The van der Waals surface area contributed by atoms with E-state index >= 15 is 0 Å². The monoisotopic (exact) mass is 245 g/mol. The Kier molecular flexibility index (Phi) is 14.9. The van der Waals surface area contributed by atoms with Gasteiger partial charge in [-0.1, -0.05) is 46.5 Å². The highest BCUT2D eigenvalue weighted by Gasteiger charge is 2.22. The molecule has 104 valence electrons. The molecule has 3 nitrogen and oxygen atoms in total. The van der Waals surface area contributed by atoms with Gasteiger partial charge >= 0.3 is 0 Å². The maximum atomic E-state index is 9.00. The summed E-state index contributed by atoms with van der Waals surface area (Å²) in [5.41, 5.74) is 5.40. The normalized spacial score (nSPS) is 21.2. The second kappa shape index (κ2) is 13.5. The van der Waals surface area contributed by atoms with Crippen molar-refractivity contribution in [3.63, 3.8) is 0 Å². The molecule has 0 aliphatic heterocycles. The summed E-state index contributed by atoms with van der Waals surface area (Å²) in [4.78, 5) is 9.00. The Hall–Kier alpha value is -0.570. The van der Waals surface area contributed by atoms with Crippen LogP contribution < -0.4 is 5.73 Å². The third-order valence-electron chi connectivity index (χ3n) is 2.76. The molecule has 1 fully saturated rings. The summed E-state index contributed by atoms with van der Waals surface area (Å²) in [6, 6.07) is 0. The molecule has 0 aromatic carbocycles. The highest BCUT2D eigenvalue weighted by atomic mass is 16.4. The predicted octanol–water partition coefficient (Wildman–Crippen LogP) is 3.67. The number of hydrogen-bond donors (Lipinski definition) is 2. The van der Waals surface area contributed by atoms with Crippen molar-refractivity contribution >= 4 is 5.97 Å². The number of aliphatic carboxylic acids is 1. The fourth-order valence-electron chi connectivity index (χ4n) is 1.76. The lowest BCUT2D eigenvalue weighted by molar-refractivity contribution is -0.134. The van der Waals surface area contributed by atoms with Crippen molar-refractivity contribution in [2.45, 2.75) is 66.2 Å². The van der Waals surface area contributed by atoms with Gasteiger partial charge in [0.1, 0.15) is 0 Å². The second-order valence-corrected chi connectivity index (χ2v) is 4.90. The van der Waals surface area contributed by atoms with Gasteiger partial charge in [-0.15, -0.1) is 0 Å². The maximum Gasteiger partial charge on any atom is 0.300 e. The standard InChI is InChI=1S/C6H13N.C6H14.C2H4O2/c1-5-2-6(3-5)4-7;1-3-5-6-4-2;1-2(3)4/h5-6H,2-4,7H2,1H3;3-6H2,1-2H3;1H3,(H,3,4). The Labute approximate surface area is 107 Å². The van der Waals surface area contributed by atoms with Crippen LogP contribution in [0.5, 0.6) is 0 Å². The van der Waals surface area contributed by atoms with Crippen LogP contribution in [0.1, 0.15) is 66.2 Å². The van der Waals surface area contributed by atoms with Crippen molar-refractivity contribution in [2.75, 3.05) is 6.54 Å². The van der Waals surface area contributed by atoms with Gasteiger partial charge in [0.05, 0.1) is 0 Å². The predicted molar refractivity (Wildman–Crippen MR) is 74.1 cm³/mol. The maximum absolute atomic E-state index is 9.00. The molecule has 1 rings (SSSR count). The third kappa shape index (κ3) is 18.0. The average molecular weight is 245 g/mol. The quantitative estimate of drug-likeness (QED) is 0.743. The van der Waals surface area contributed by atoms with Gasteiger partial charge in [0.25, 0.3) is 5.97 Å². The first-order chi connectivity index (χ1) is 7.97. The van der Waals surface area contributed by atoms with Crippen LogP contribution in [0.15, 0.2) is 0 Å². The van der Waals surface area contributed by atoms with Crippen LogP contribution in [0.25, 0.3) is 0 Å². The zero-order valence-electron chi connectivity index (χ0n) is 12.0. The molecule has 0 bridgehead atoms. The summed E-state index contributed by atoms with van der Waals surface area (Å²) in [6.45, 7) is 8.74. The minimum Gasteiger partial charge on any atom is -0.481 e. The van der Waals surface area contributed by atoms with E-state index in [-0.39, 0.29) is 0 Å². The number of unbranched alkanes of at least 4 members (excludes halogenated alkanes) is 3. The van der Waals surface area contributed by atoms with Crippen molar-refractivity contribution in [1.82, 2.24) is 0 Å². The molecule has 0 saturated heterocycles. The third-order valence-corrected chi connectivity index (χ3v) is 2.76. The summed E-state index contributed by atoms with van der Waals surface area (Å²) in [7, 11) is 0. The van der Waals surface area contributed by atoms with Gasteiger partial charge in [0.2, 0.25) is 0 Å².